The van der Waals surface area contributed by atoms with Crippen molar-refractivity contribution in [1.82, 2.24) is 24.6 Å². The molecule has 0 saturated heterocycles. The van der Waals surface area contributed by atoms with Crippen molar-refractivity contribution in [3.63, 3.8) is 0 Å². The molecule has 2 aliphatic heterocycles. The van der Waals surface area contributed by atoms with Crippen LogP contribution in [0.5, 0.6) is 0 Å². The van der Waals surface area contributed by atoms with Gasteiger partial charge in [0.2, 0.25) is 5.91 Å². The van der Waals surface area contributed by atoms with Gasteiger partial charge in [0.25, 0.3) is 11.5 Å². The topological polar surface area (TPSA) is 91.3 Å². The number of nitrogens with zero attached hydrogens (tertiary/aromatic N) is 4. The van der Waals surface area contributed by atoms with Crippen molar-refractivity contribution in [3.8, 4) is 5.69 Å². The number of H-pyrrole nitrogens is 1. The van der Waals surface area contributed by atoms with Crippen molar-refractivity contribution >= 4 is 11.8 Å². The Morgan fingerprint density at radius 2 is 1.75 bits per heavy atom. The average Bonchev–Trinajstić information content (AvgIpc) is 3.26. The molecule has 2 amide bonds. The van der Waals surface area contributed by atoms with Gasteiger partial charge >= 0.3 is 0 Å². The zero-order chi connectivity index (χ0) is 22.4. The average molecular weight is 435 g/mol. The Hall–Kier alpha value is -3.75. The van der Waals surface area contributed by atoms with Gasteiger partial charge in [-0.2, -0.15) is 5.10 Å². The highest BCUT2D eigenvalue weighted by molar-refractivity contribution is 5.96. The first-order valence-electron chi connectivity index (χ1n) is 10.5. The molecular weight excluding hydrogens is 413 g/mol. The van der Waals surface area contributed by atoms with Crippen molar-refractivity contribution in [2.75, 3.05) is 13.1 Å². The summed E-state index contributed by atoms with van der Waals surface area (Å²) in [5.41, 5.74) is 3.54. The van der Waals surface area contributed by atoms with Gasteiger partial charge in [0.05, 0.1) is 6.20 Å². The second-order valence-corrected chi connectivity index (χ2v) is 8.20. The van der Waals surface area contributed by atoms with Gasteiger partial charge in [-0.1, -0.05) is 0 Å². The molecule has 0 unspecified atom stereocenters. The predicted octanol–water partition coefficient (Wildman–Crippen LogP) is 1.80. The number of benzene rings is 1. The molecule has 0 spiro atoms. The summed E-state index contributed by atoms with van der Waals surface area (Å²) in [5.74, 6) is -0.805. The molecule has 1 aromatic carbocycles. The first-order valence-corrected chi connectivity index (χ1v) is 10.5. The van der Waals surface area contributed by atoms with Crippen LogP contribution < -0.4 is 5.56 Å². The van der Waals surface area contributed by atoms with E-state index in [2.05, 4.69) is 10.2 Å². The molecule has 0 fully saturated rings. The van der Waals surface area contributed by atoms with Crippen LogP contribution in [0.25, 0.3) is 5.69 Å². The number of rotatable bonds is 2. The van der Waals surface area contributed by atoms with Gasteiger partial charge in [0, 0.05) is 62.7 Å². The Kier molecular flexibility index (Phi) is 4.88. The van der Waals surface area contributed by atoms with Crippen molar-refractivity contribution in [2.45, 2.75) is 32.9 Å². The number of hydrogen-bond donors (Lipinski definition) is 1. The van der Waals surface area contributed by atoms with Gasteiger partial charge < -0.3 is 9.80 Å². The standard InChI is InChI=1S/C23H22FN5O3/c1-14(30)27-8-6-19-16(12-27)13-29(18-4-2-17(24)3-5-18)23(32)21(19)22(31)28-9-7-20-15(11-28)10-25-26-20/h2-5,10,13H,6-9,11-12H2,1H3,(H,25,26). The van der Waals surface area contributed by atoms with Gasteiger partial charge in [-0.25, -0.2) is 4.39 Å². The molecular formula is C23H22FN5O3. The van der Waals surface area contributed by atoms with Crippen LogP contribution in [0.3, 0.4) is 0 Å². The van der Waals surface area contributed by atoms with Gasteiger partial charge in [0.15, 0.2) is 0 Å². The second-order valence-electron chi connectivity index (χ2n) is 8.20. The number of hydrogen-bond acceptors (Lipinski definition) is 4. The first kappa shape index (κ1) is 20.2. The molecule has 3 aromatic rings. The van der Waals surface area contributed by atoms with E-state index >= 15 is 0 Å². The minimum Gasteiger partial charge on any atom is -0.338 e. The maximum absolute atomic E-state index is 13.6. The molecule has 5 rings (SSSR count). The predicted molar refractivity (Wildman–Crippen MR) is 114 cm³/mol. The van der Waals surface area contributed by atoms with Crippen LogP contribution >= 0.6 is 0 Å². The normalized spacial score (nSPS) is 15.3. The van der Waals surface area contributed by atoms with Gasteiger partial charge in [-0.05, 0) is 41.8 Å². The van der Waals surface area contributed by atoms with E-state index in [0.29, 0.717) is 50.3 Å². The Labute approximate surface area is 183 Å². The minimum atomic E-state index is -0.436. The number of fused-ring (bicyclic) bond motifs is 2. The number of pyridine rings is 1. The Morgan fingerprint density at radius 3 is 2.50 bits per heavy atom. The lowest BCUT2D eigenvalue weighted by Gasteiger charge is -2.32. The number of aromatic nitrogens is 3. The molecule has 0 aliphatic carbocycles. The van der Waals surface area contributed by atoms with Crippen LogP contribution in [-0.2, 0) is 30.7 Å². The van der Waals surface area contributed by atoms with Crippen LogP contribution in [0, 0.1) is 5.82 Å². The summed E-state index contributed by atoms with van der Waals surface area (Å²) in [5, 5.41) is 6.99. The summed E-state index contributed by atoms with van der Waals surface area (Å²) < 4.78 is 14.8. The Morgan fingerprint density at radius 1 is 1.03 bits per heavy atom. The molecule has 4 heterocycles. The summed E-state index contributed by atoms with van der Waals surface area (Å²) in [6.45, 7) is 3.13. The van der Waals surface area contributed by atoms with Crippen LogP contribution in [-0.4, -0.2) is 49.5 Å². The lowest BCUT2D eigenvalue weighted by atomic mass is 9.95. The van der Waals surface area contributed by atoms with Crippen molar-refractivity contribution < 1.29 is 14.0 Å². The van der Waals surface area contributed by atoms with Crippen molar-refractivity contribution in [1.29, 1.82) is 0 Å². The van der Waals surface area contributed by atoms with Gasteiger partial charge in [0.1, 0.15) is 11.4 Å². The van der Waals surface area contributed by atoms with Crippen LogP contribution in [0.1, 0.15) is 39.7 Å². The van der Waals surface area contributed by atoms with E-state index < -0.39 is 11.4 Å². The van der Waals surface area contributed by atoms with Crippen molar-refractivity contribution in [2.24, 2.45) is 0 Å². The quantitative estimate of drug-likeness (QED) is 0.665. The number of halogens is 1. The van der Waals surface area contributed by atoms with Gasteiger partial charge in [-0.3, -0.25) is 24.0 Å². The SMILES string of the molecule is CC(=O)N1CCc2c(cn(-c3ccc(F)cc3)c(=O)c2C(=O)N2CCc3[nH]ncc3C2)C1. The molecule has 1 N–H and O–H groups in total. The molecule has 0 radical (unpaired) electrons. The summed E-state index contributed by atoms with van der Waals surface area (Å²) in [4.78, 5) is 42.5. The highest BCUT2D eigenvalue weighted by Gasteiger charge is 2.31. The maximum Gasteiger partial charge on any atom is 0.268 e. The minimum absolute atomic E-state index is 0.0634. The molecule has 0 atom stereocenters. The van der Waals surface area contributed by atoms with Crippen molar-refractivity contribution in [3.05, 3.63) is 80.8 Å². The number of nitrogens with one attached hydrogen (secondary N) is 1. The van der Waals surface area contributed by atoms with E-state index in [1.165, 1.54) is 35.8 Å². The van der Waals surface area contributed by atoms with E-state index in [1.54, 1.807) is 22.2 Å². The maximum atomic E-state index is 13.6. The largest absolute Gasteiger partial charge is 0.338 e. The fraction of sp³-hybridized carbons (Fsp3) is 0.304. The van der Waals surface area contributed by atoms with Crippen LogP contribution in [0.2, 0.25) is 0 Å². The summed E-state index contributed by atoms with van der Waals surface area (Å²) in [7, 11) is 0. The summed E-state index contributed by atoms with van der Waals surface area (Å²) in [6.07, 6.45) is 4.44. The third-order valence-corrected chi connectivity index (χ3v) is 6.25. The molecule has 9 heteroatoms. The number of aromatic amines is 1. The molecule has 164 valence electrons. The molecule has 2 aromatic heterocycles. The summed E-state index contributed by atoms with van der Waals surface area (Å²) >= 11 is 0. The summed E-state index contributed by atoms with van der Waals surface area (Å²) in [6, 6.07) is 5.55. The highest BCUT2D eigenvalue weighted by atomic mass is 19.1. The van der Waals surface area contributed by atoms with Crippen LogP contribution in [0.4, 0.5) is 4.39 Å². The fourth-order valence-electron chi connectivity index (χ4n) is 4.49. The molecule has 0 saturated carbocycles. The molecule has 8 nitrogen and oxygen atoms in total. The monoisotopic (exact) mass is 435 g/mol. The molecule has 2 aliphatic rings. The Bertz CT molecular complexity index is 1280. The molecule has 0 bridgehead atoms. The third-order valence-electron chi connectivity index (χ3n) is 6.25. The number of carbonyl (C=O) groups excluding carboxylic acids is 2. The zero-order valence-corrected chi connectivity index (χ0v) is 17.6. The zero-order valence-electron chi connectivity index (χ0n) is 17.6. The first-order chi connectivity index (χ1) is 15.4. The van der Waals surface area contributed by atoms with E-state index in [4.69, 9.17) is 0 Å². The van der Waals surface area contributed by atoms with Gasteiger partial charge in [-0.15, -0.1) is 0 Å². The lowest BCUT2D eigenvalue weighted by molar-refractivity contribution is -0.129. The van der Waals surface area contributed by atoms with Crippen LogP contribution in [0.15, 0.2) is 41.5 Å². The second kappa shape index (κ2) is 7.74. The van der Waals surface area contributed by atoms with E-state index in [1.807, 2.05) is 0 Å². The highest BCUT2D eigenvalue weighted by Crippen LogP contribution is 2.25. The smallest absolute Gasteiger partial charge is 0.268 e. The fourth-order valence-corrected chi connectivity index (χ4v) is 4.49. The number of carbonyl (C=O) groups is 2. The lowest BCUT2D eigenvalue weighted by Crippen LogP contribution is -2.43. The third kappa shape index (κ3) is 3.39. The number of amides is 2. The van der Waals surface area contributed by atoms with E-state index in [9.17, 15) is 18.8 Å². The molecule has 32 heavy (non-hydrogen) atoms. The van der Waals surface area contributed by atoms with E-state index in [-0.39, 0.29) is 17.4 Å². The Balaban J connectivity index is 1.62. The van der Waals surface area contributed by atoms with E-state index in [0.717, 1.165) is 16.8 Å².